The fourth-order valence-electron chi connectivity index (χ4n) is 0.646. The van der Waals surface area contributed by atoms with Crippen LogP contribution in [-0.2, 0) is 0 Å². The molecule has 1 rings (SSSR count). The Morgan fingerprint density at radius 3 is 2.38 bits per heavy atom. The first kappa shape index (κ1) is 9.50. The summed E-state index contributed by atoms with van der Waals surface area (Å²) in [7, 11) is 1.38. The standard InChI is InChI=1S/C7H6F2N2O2/c1-13-4-2-10-7(11-3-4)5(12)6(8)9/h2-3,6H,1H3. The maximum Gasteiger partial charge on any atom is 0.303 e. The van der Waals surface area contributed by atoms with Crippen LogP contribution in [0, 0.1) is 0 Å². The van der Waals surface area contributed by atoms with Gasteiger partial charge in [-0.3, -0.25) is 4.79 Å². The van der Waals surface area contributed by atoms with E-state index in [0.29, 0.717) is 5.75 Å². The largest absolute Gasteiger partial charge is 0.494 e. The van der Waals surface area contributed by atoms with Crippen molar-refractivity contribution in [3.05, 3.63) is 18.2 Å². The number of ether oxygens (including phenoxy) is 1. The van der Waals surface area contributed by atoms with E-state index in [1.165, 1.54) is 7.11 Å². The first-order valence-electron chi connectivity index (χ1n) is 3.33. The molecule has 0 fully saturated rings. The maximum atomic E-state index is 11.8. The van der Waals surface area contributed by atoms with Crippen molar-refractivity contribution in [3.63, 3.8) is 0 Å². The number of carbonyl (C=O) groups is 1. The van der Waals surface area contributed by atoms with Crippen LogP contribution in [0.5, 0.6) is 5.75 Å². The molecule has 1 aromatic rings. The highest BCUT2D eigenvalue weighted by Crippen LogP contribution is 2.07. The molecule has 0 saturated carbocycles. The van der Waals surface area contributed by atoms with E-state index in [4.69, 9.17) is 0 Å². The van der Waals surface area contributed by atoms with E-state index in [2.05, 4.69) is 14.7 Å². The second kappa shape index (κ2) is 3.88. The maximum absolute atomic E-state index is 11.8. The Bertz CT molecular complexity index is 300. The average Bonchev–Trinajstić information content (AvgIpc) is 2.17. The van der Waals surface area contributed by atoms with Crippen molar-refractivity contribution in [2.45, 2.75) is 6.43 Å². The lowest BCUT2D eigenvalue weighted by Gasteiger charge is -1.99. The van der Waals surface area contributed by atoms with Gasteiger partial charge in [-0.05, 0) is 0 Å². The summed E-state index contributed by atoms with van der Waals surface area (Å²) in [5, 5.41) is 0. The van der Waals surface area contributed by atoms with Gasteiger partial charge in [0.25, 0.3) is 5.78 Å². The predicted molar refractivity (Wildman–Crippen MR) is 38.9 cm³/mol. The number of alkyl halides is 2. The summed E-state index contributed by atoms with van der Waals surface area (Å²) in [6.45, 7) is 0. The van der Waals surface area contributed by atoms with Gasteiger partial charge in [-0.25, -0.2) is 18.7 Å². The number of halogens is 2. The number of carbonyl (C=O) groups excluding carboxylic acids is 1. The Kier molecular flexibility index (Phi) is 2.84. The molecule has 0 spiro atoms. The minimum atomic E-state index is -3.08. The Morgan fingerprint density at radius 1 is 1.46 bits per heavy atom. The summed E-state index contributed by atoms with van der Waals surface area (Å²) in [6, 6.07) is 0. The number of methoxy groups -OCH3 is 1. The van der Waals surface area contributed by atoms with Crippen molar-refractivity contribution in [2.75, 3.05) is 7.11 Å². The van der Waals surface area contributed by atoms with Crippen molar-refractivity contribution >= 4 is 5.78 Å². The molecule has 70 valence electrons. The SMILES string of the molecule is COc1cnc(C(=O)C(F)F)nc1. The third kappa shape index (κ3) is 2.17. The quantitative estimate of drug-likeness (QED) is 0.662. The number of aromatic nitrogens is 2. The Balaban J connectivity index is 2.86. The third-order valence-corrected chi connectivity index (χ3v) is 1.28. The zero-order valence-corrected chi connectivity index (χ0v) is 6.70. The first-order valence-corrected chi connectivity index (χ1v) is 3.33. The van der Waals surface area contributed by atoms with Crippen molar-refractivity contribution in [1.82, 2.24) is 9.97 Å². The van der Waals surface area contributed by atoms with E-state index in [1.54, 1.807) is 0 Å². The molecule has 0 amide bonds. The smallest absolute Gasteiger partial charge is 0.303 e. The number of Topliss-reactive ketones (excluding diaryl/α,β-unsaturated/α-hetero) is 1. The van der Waals surface area contributed by atoms with Crippen LogP contribution < -0.4 is 4.74 Å². The van der Waals surface area contributed by atoms with Gasteiger partial charge in [0, 0.05) is 0 Å². The highest BCUT2D eigenvalue weighted by Gasteiger charge is 2.20. The van der Waals surface area contributed by atoms with Crippen LogP contribution in [0.3, 0.4) is 0 Å². The highest BCUT2D eigenvalue weighted by molar-refractivity contribution is 5.94. The van der Waals surface area contributed by atoms with Crippen molar-refractivity contribution in [2.24, 2.45) is 0 Å². The molecule has 1 aromatic heterocycles. The van der Waals surface area contributed by atoms with Crippen molar-refractivity contribution < 1.29 is 18.3 Å². The molecule has 6 heteroatoms. The lowest BCUT2D eigenvalue weighted by molar-refractivity contribution is 0.0667. The predicted octanol–water partition coefficient (Wildman–Crippen LogP) is 0.933. The van der Waals surface area contributed by atoms with Crippen LogP contribution in [0.15, 0.2) is 12.4 Å². The fourth-order valence-corrected chi connectivity index (χ4v) is 0.646. The lowest BCUT2D eigenvalue weighted by Crippen LogP contribution is -2.13. The molecule has 0 aliphatic rings. The molecule has 4 nitrogen and oxygen atoms in total. The molecule has 0 aliphatic carbocycles. The second-order valence-corrected chi connectivity index (χ2v) is 2.11. The summed E-state index contributed by atoms with van der Waals surface area (Å²) >= 11 is 0. The van der Waals surface area contributed by atoms with Crippen LogP contribution in [0.4, 0.5) is 8.78 Å². The summed E-state index contributed by atoms with van der Waals surface area (Å²) in [5.41, 5.74) is 0. The third-order valence-electron chi connectivity index (χ3n) is 1.28. The summed E-state index contributed by atoms with van der Waals surface area (Å²) < 4.78 is 28.4. The Hall–Kier alpha value is -1.59. The molecule has 13 heavy (non-hydrogen) atoms. The molecular formula is C7H6F2N2O2. The zero-order chi connectivity index (χ0) is 9.84. The van der Waals surface area contributed by atoms with E-state index in [9.17, 15) is 13.6 Å². The van der Waals surface area contributed by atoms with Crippen molar-refractivity contribution in [1.29, 1.82) is 0 Å². The first-order chi connectivity index (χ1) is 6.15. The molecule has 0 N–H and O–H groups in total. The second-order valence-electron chi connectivity index (χ2n) is 2.11. The van der Waals surface area contributed by atoms with Gasteiger partial charge in [0.05, 0.1) is 19.5 Å². The topological polar surface area (TPSA) is 52.1 Å². The molecule has 1 heterocycles. The Morgan fingerprint density at radius 2 is 2.00 bits per heavy atom. The van der Waals surface area contributed by atoms with Crippen LogP contribution in [0.25, 0.3) is 0 Å². The van der Waals surface area contributed by atoms with Gasteiger partial charge in [0.15, 0.2) is 5.75 Å². The molecule has 0 radical (unpaired) electrons. The number of ketones is 1. The van der Waals surface area contributed by atoms with E-state index in [-0.39, 0.29) is 0 Å². The van der Waals surface area contributed by atoms with Gasteiger partial charge < -0.3 is 4.74 Å². The van der Waals surface area contributed by atoms with E-state index >= 15 is 0 Å². The normalized spacial score (nSPS) is 10.2. The van der Waals surface area contributed by atoms with E-state index < -0.39 is 18.0 Å². The number of nitrogens with zero attached hydrogens (tertiary/aromatic N) is 2. The number of rotatable bonds is 3. The minimum Gasteiger partial charge on any atom is -0.494 e. The van der Waals surface area contributed by atoms with Gasteiger partial charge in [0.1, 0.15) is 0 Å². The lowest BCUT2D eigenvalue weighted by atomic mass is 10.4. The van der Waals surface area contributed by atoms with Crippen LogP contribution in [0.1, 0.15) is 10.6 Å². The van der Waals surface area contributed by atoms with Gasteiger partial charge in [-0.1, -0.05) is 0 Å². The van der Waals surface area contributed by atoms with E-state index in [0.717, 1.165) is 12.4 Å². The minimum absolute atomic E-state index is 0.311. The molecule has 0 aliphatic heterocycles. The molecule has 0 atom stereocenters. The zero-order valence-electron chi connectivity index (χ0n) is 6.70. The highest BCUT2D eigenvalue weighted by atomic mass is 19.3. The monoisotopic (exact) mass is 188 g/mol. The number of hydrogen-bond acceptors (Lipinski definition) is 4. The summed E-state index contributed by atoms with van der Waals surface area (Å²) in [5.74, 6) is -1.58. The molecule has 0 saturated heterocycles. The van der Waals surface area contributed by atoms with Crippen LogP contribution in [-0.4, -0.2) is 29.3 Å². The summed E-state index contributed by atoms with van der Waals surface area (Å²) in [6.07, 6.45) is -0.765. The van der Waals surface area contributed by atoms with Crippen molar-refractivity contribution in [3.8, 4) is 5.75 Å². The van der Waals surface area contributed by atoms with Crippen LogP contribution >= 0.6 is 0 Å². The molecule has 0 aromatic carbocycles. The van der Waals surface area contributed by atoms with Gasteiger partial charge in [-0.15, -0.1) is 0 Å². The van der Waals surface area contributed by atoms with Crippen LogP contribution in [0.2, 0.25) is 0 Å². The molecule has 0 bridgehead atoms. The fraction of sp³-hybridized carbons (Fsp3) is 0.286. The van der Waals surface area contributed by atoms with Gasteiger partial charge in [0.2, 0.25) is 5.82 Å². The van der Waals surface area contributed by atoms with Gasteiger partial charge >= 0.3 is 6.43 Å². The average molecular weight is 188 g/mol. The van der Waals surface area contributed by atoms with Gasteiger partial charge in [-0.2, -0.15) is 0 Å². The number of hydrogen-bond donors (Lipinski definition) is 0. The molecular weight excluding hydrogens is 182 g/mol. The van der Waals surface area contributed by atoms with E-state index in [1.807, 2.05) is 0 Å². The molecule has 0 unspecified atom stereocenters. The summed E-state index contributed by atoms with van der Waals surface area (Å²) in [4.78, 5) is 17.4. The Labute approximate surface area is 72.6 Å².